The summed E-state index contributed by atoms with van der Waals surface area (Å²) in [6, 6.07) is 10.3. The average Bonchev–Trinajstić information content (AvgIpc) is 3.20. The van der Waals surface area contributed by atoms with Gasteiger partial charge in [-0.3, -0.25) is 14.2 Å². The highest BCUT2D eigenvalue weighted by molar-refractivity contribution is 5.90. The minimum atomic E-state index is -0.0997. The Bertz CT molecular complexity index is 863. The summed E-state index contributed by atoms with van der Waals surface area (Å²) in [4.78, 5) is 12.2. The second-order valence-electron chi connectivity index (χ2n) is 6.59. The van der Waals surface area contributed by atoms with Crippen molar-refractivity contribution in [2.75, 3.05) is 5.32 Å². The van der Waals surface area contributed by atoms with Gasteiger partial charge in [-0.25, -0.2) is 0 Å². The van der Waals surface area contributed by atoms with Gasteiger partial charge in [-0.15, -0.1) is 0 Å². The molecule has 1 aromatic carbocycles. The molecule has 0 saturated heterocycles. The first-order valence-electron chi connectivity index (χ1n) is 8.60. The Morgan fingerprint density at radius 3 is 2.76 bits per heavy atom. The number of anilines is 1. The number of carbonyl (C=O) groups is 1. The second kappa shape index (κ2) is 6.55. The molecule has 4 rings (SSSR count). The zero-order chi connectivity index (χ0) is 17.2. The number of rotatable bonds is 6. The first kappa shape index (κ1) is 15.6. The van der Waals surface area contributed by atoms with Gasteiger partial charge < -0.3 is 5.32 Å². The van der Waals surface area contributed by atoms with E-state index < -0.39 is 0 Å². The van der Waals surface area contributed by atoms with Crippen molar-refractivity contribution in [3.05, 3.63) is 66.2 Å². The van der Waals surface area contributed by atoms with Crippen molar-refractivity contribution in [3.63, 3.8) is 0 Å². The molecule has 6 heteroatoms. The van der Waals surface area contributed by atoms with Crippen LogP contribution in [0.3, 0.4) is 0 Å². The van der Waals surface area contributed by atoms with Crippen LogP contribution < -0.4 is 5.32 Å². The Balaban J connectivity index is 1.37. The fraction of sp³-hybridized carbons (Fsp3) is 0.316. The van der Waals surface area contributed by atoms with Gasteiger partial charge in [-0.1, -0.05) is 30.3 Å². The van der Waals surface area contributed by atoms with E-state index in [2.05, 4.69) is 34.6 Å². The Morgan fingerprint density at radius 2 is 2.00 bits per heavy atom. The highest BCUT2D eigenvalue weighted by Crippen LogP contribution is 2.39. The molecule has 1 aliphatic rings. The van der Waals surface area contributed by atoms with E-state index >= 15 is 0 Å². The average molecular weight is 335 g/mol. The van der Waals surface area contributed by atoms with Crippen LogP contribution >= 0.6 is 0 Å². The van der Waals surface area contributed by atoms with E-state index in [1.54, 1.807) is 10.9 Å². The zero-order valence-corrected chi connectivity index (χ0v) is 14.2. The minimum absolute atomic E-state index is 0.0997. The molecule has 128 valence electrons. The van der Waals surface area contributed by atoms with Gasteiger partial charge in [-0.05, 0) is 36.8 Å². The summed E-state index contributed by atoms with van der Waals surface area (Å²) >= 11 is 0. The van der Waals surface area contributed by atoms with E-state index in [1.165, 1.54) is 24.0 Å². The van der Waals surface area contributed by atoms with Gasteiger partial charge in [0.15, 0.2) is 0 Å². The molecule has 1 unspecified atom stereocenters. The second-order valence-corrected chi connectivity index (χ2v) is 6.59. The van der Waals surface area contributed by atoms with E-state index in [-0.39, 0.29) is 18.5 Å². The number of nitrogens with zero attached hydrogens (tertiary/aromatic N) is 4. The highest BCUT2D eigenvalue weighted by atomic mass is 16.2. The van der Waals surface area contributed by atoms with Crippen LogP contribution in [-0.2, 0) is 11.3 Å². The third-order valence-electron chi connectivity index (χ3n) is 4.57. The molecule has 1 amide bonds. The number of benzene rings is 1. The maximum absolute atomic E-state index is 12.2. The molecule has 1 saturated carbocycles. The van der Waals surface area contributed by atoms with E-state index in [0.717, 1.165) is 0 Å². The maximum atomic E-state index is 12.2. The van der Waals surface area contributed by atoms with Gasteiger partial charge in [0.25, 0.3) is 0 Å². The molecular formula is C19H21N5O. The van der Waals surface area contributed by atoms with Crippen LogP contribution in [0.4, 0.5) is 5.69 Å². The summed E-state index contributed by atoms with van der Waals surface area (Å²) in [5.41, 5.74) is 3.10. The van der Waals surface area contributed by atoms with Gasteiger partial charge in [0.05, 0.1) is 24.1 Å². The van der Waals surface area contributed by atoms with E-state index in [4.69, 9.17) is 0 Å². The lowest BCUT2D eigenvalue weighted by atomic mass is 10.1. The highest BCUT2D eigenvalue weighted by Gasteiger charge is 2.24. The molecule has 2 heterocycles. The predicted octanol–water partition coefficient (Wildman–Crippen LogP) is 3.21. The van der Waals surface area contributed by atoms with Crippen LogP contribution in [0.2, 0.25) is 0 Å². The van der Waals surface area contributed by atoms with E-state index in [0.29, 0.717) is 11.6 Å². The summed E-state index contributed by atoms with van der Waals surface area (Å²) in [6.07, 6.45) is 9.83. The molecule has 25 heavy (non-hydrogen) atoms. The minimum Gasteiger partial charge on any atom is -0.322 e. The molecule has 1 aliphatic carbocycles. The van der Waals surface area contributed by atoms with Crippen molar-refractivity contribution in [2.45, 2.75) is 38.3 Å². The Morgan fingerprint density at radius 1 is 1.20 bits per heavy atom. The zero-order valence-electron chi connectivity index (χ0n) is 14.2. The monoisotopic (exact) mass is 335 g/mol. The first-order chi connectivity index (χ1) is 12.2. The number of aromatic nitrogens is 4. The van der Waals surface area contributed by atoms with Crippen molar-refractivity contribution in [2.24, 2.45) is 0 Å². The van der Waals surface area contributed by atoms with E-state index in [9.17, 15) is 4.79 Å². The first-order valence-corrected chi connectivity index (χ1v) is 8.60. The standard InChI is InChI=1S/C19H21N5O/c1-14(15-5-3-2-4-6-15)24-12-18(10-21-24)22-19(25)13-23-11-17(9-20-23)16-7-8-16/h2-6,9-12,14,16H,7-8,13H2,1H3,(H,22,25). The lowest BCUT2D eigenvalue weighted by Gasteiger charge is -2.12. The number of carbonyl (C=O) groups excluding carboxylic acids is 1. The molecule has 0 spiro atoms. The van der Waals surface area contributed by atoms with Gasteiger partial charge in [0, 0.05) is 12.4 Å². The number of amides is 1. The largest absolute Gasteiger partial charge is 0.322 e. The van der Waals surface area contributed by atoms with Crippen LogP contribution in [0, 0.1) is 0 Å². The van der Waals surface area contributed by atoms with Crippen LogP contribution in [0.15, 0.2) is 55.1 Å². The number of hydrogen-bond donors (Lipinski definition) is 1. The lowest BCUT2D eigenvalue weighted by Crippen LogP contribution is -2.18. The van der Waals surface area contributed by atoms with Gasteiger partial charge in [0.2, 0.25) is 5.91 Å². The number of nitrogens with one attached hydrogen (secondary N) is 1. The van der Waals surface area contributed by atoms with Crippen LogP contribution in [0.5, 0.6) is 0 Å². The fourth-order valence-corrected chi connectivity index (χ4v) is 2.94. The van der Waals surface area contributed by atoms with Crippen molar-refractivity contribution in [1.82, 2.24) is 19.6 Å². The van der Waals surface area contributed by atoms with Crippen LogP contribution in [-0.4, -0.2) is 25.5 Å². The van der Waals surface area contributed by atoms with Crippen molar-refractivity contribution < 1.29 is 4.79 Å². The Labute approximate surface area is 146 Å². The maximum Gasteiger partial charge on any atom is 0.246 e. The fourth-order valence-electron chi connectivity index (χ4n) is 2.94. The molecular weight excluding hydrogens is 314 g/mol. The topological polar surface area (TPSA) is 64.7 Å². The molecule has 0 radical (unpaired) electrons. The molecule has 0 bridgehead atoms. The molecule has 3 aromatic rings. The smallest absolute Gasteiger partial charge is 0.246 e. The Kier molecular flexibility index (Phi) is 4.09. The van der Waals surface area contributed by atoms with Crippen molar-refractivity contribution >= 4 is 11.6 Å². The summed E-state index contributed by atoms with van der Waals surface area (Å²) in [5.74, 6) is 0.548. The third kappa shape index (κ3) is 3.63. The van der Waals surface area contributed by atoms with Crippen molar-refractivity contribution in [3.8, 4) is 0 Å². The summed E-state index contributed by atoms with van der Waals surface area (Å²) in [6.45, 7) is 2.29. The predicted molar refractivity (Wildman–Crippen MR) is 95.3 cm³/mol. The van der Waals surface area contributed by atoms with Crippen LogP contribution in [0.1, 0.15) is 42.9 Å². The van der Waals surface area contributed by atoms with Gasteiger partial charge >= 0.3 is 0 Å². The Hall–Kier alpha value is -2.89. The van der Waals surface area contributed by atoms with Gasteiger partial charge in [0.1, 0.15) is 6.54 Å². The third-order valence-corrected chi connectivity index (χ3v) is 4.57. The number of hydrogen-bond acceptors (Lipinski definition) is 3. The van der Waals surface area contributed by atoms with Gasteiger partial charge in [-0.2, -0.15) is 10.2 Å². The molecule has 1 fully saturated rings. The molecule has 1 N–H and O–H groups in total. The van der Waals surface area contributed by atoms with Crippen LogP contribution in [0.25, 0.3) is 0 Å². The van der Waals surface area contributed by atoms with Crippen molar-refractivity contribution in [1.29, 1.82) is 0 Å². The summed E-state index contributed by atoms with van der Waals surface area (Å²) in [7, 11) is 0. The summed E-state index contributed by atoms with van der Waals surface area (Å²) < 4.78 is 3.55. The van der Waals surface area contributed by atoms with E-state index in [1.807, 2.05) is 41.5 Å². The quantitative estimate of drug-likeness (QED) is 0.752. The SMILES string of the molecule is CC(c1ccccc1)n1cc(NC(=O)Cn2cc(C3CC3)cn2)cn1. The molecule has 6 nitrogen and oxygen atoms in total. The molecule has 2 aromatic heterocycles. The molecule has 1 atom stereocenters. The normalized spacial score (nSPS) is 15.1. The lowest BCUT2D eigenvalue weighted by molar-refractivity contribution is -0.116. The summed E-state index contributed by atoms with van der Waals surface area (Å²) in [5, 5.41) is 11.5. The molecule has 0 aliphatic heterocycles.